The number of carbonyl (C=O) groups is 1. The fourth-order valence-electron chi connectivity index (χ4n) is 4.21. The van der Waals surface area contributed by atoms with Crippen molar-refractivity contribution in [1.29, 1.82) is 0 Å². The number of hydrogen-bond donors (Lipinski definition) is 3. The third kappa shape index (κ3) is 2.85. The summed E-state index contributed by atoms with van der Waals surface area (Å²) in [5.74, 6) is -0.990. The van der Waals surface area contributed by atoms with Gasteiger partial charge in [-0.1, -0.05) is 72.8 Å². The topological polar surface area (TPSA) is 79.1 Å². The predicted molar refractivity (Wildman–Crippen MR) is 118 cm³/mol. The lowest BCUT2D eigenvalue weighted by Crippen LogP contribution is -2.32. The van der Waals surface area contributed by atoms with Crippen LogP contribution in [0.3, 0.4) is 0 Å². The van der Waals surface area contributed by atoms with Crippen LogP contribution < -0.4 is 5.73 Å². The highest BCUT2D eigenvalue weighted by Gasteiger charge is 2.17. The number of benzene rings is 4. The average molecular weight is 380 g/mol. The summed E-state index contributed by atoms with van der Waals surface area (Å²) in [6.45, 7) is 0. The highest BCUT2D eigenvalue weighted by molar-refractivity contribution is 6.16. The van der Waals surface area contributed by atoms with E-state index in [4.69, 9.17) is 10.8 Å². The molecule has 4 nitrogen and oxygen atoms in total. The second-order valence-corrected chi connectivity index (χ2v) is 7.38. The molecule has 1 aromatic heterocycles. The predicted octanol–water partition coefficient (Wildman–Crippen LogP) is 5.10. The normalized spacial score (nSPS) is 12.6. The maximum Gasteiger partial charge on any atom is 0.320 e. The Morgan fingerprint density at radius 3 is 2.41 bits per heavy atom. The molecular formula is C25H20N2O2. The van der Waals surface area contributed by atoms with Gasteiger partial charge in [-0.2, -0.15) is 0 Å². The molecule has 4 heteroatoms. The van der Waals surface area contributed by atoms with Crippen LogP contribution in [-0.4, -0.2) is 22.1 Å². The average Bonchev–Trinajstić information content (AvgIpc) is 3.16. The molecule has 0 amide bonds. The molecule has 1 atom stereocenters. The smallest absolute Gasteiger partial charge is 0.320 e. The number of H-pyrrole nitrogens is 1. The lowest BCUT2D eigenvalue weighted by molar-refractivity contribution is -0.138. The van der Waals surface area contributed by atoms with Crippen LogP contribution in [0.25, 0.3) is 43.6 Å². The van der Waals surface area contributed by atoms with Crippen LogP contribution in [0.4, 0.5) is 0 Å². The maximum absolute atomic E-state index is 11.2. The van der Waals surface area contributed by atoms with E-state index in [0.29, 0.717) is 0 Å². The Morgan fingerprint density at radius 2 is 1.55 bits per heavy atom. The highest BCUT2D eigenvalue weighted by Crippen LogP contribution is 2.37. The number of carboxylic acids is 1. The van der Waals surface area contributed by atoms with Gasteiger partial charge in [0.1, 0.15) is 6.04 Å². The van der Waals surface area contributed by atoms with Crippen molar-refractivity contribution in [3.63, 3.8) is 0 Å². The Hall–Kier alpha value is -3.63. The van der Waals surface area contributed by atoms with E-state index in [1.807, 2.05) is 18.3 Å². The fourth-order valence-corrected chi connectivity index (χ4v) is 4.21. The molecule has 0 fully saturated rings. The summed E-state index contributed by atoms with van der Waals surface area (Å²) >= 11 is 0. The van der Waals surface area contributed by atoms with Gasteiger partial charge in [0.2, 0.25) is 0 Å². The number of carboxylic acid groups (broad SMARTS) is 1. The Labute approximate surface area is 167 Å². The van der Waals surface area contributed by atoms with E-state index in [1.54, 1.807) is 0 Å². The zero-order chi connectivity index (χ0) is 20.0. The summed E-state index contributed by atoms with van der Waals surface area (Å²) in [4.78, 5) is 14.5. The first-order valence-electron chi connectivity index (χ1n) is 9.61. The number of nitrogens with two attached hydrogens (primary N) is 1. The quantitative estimate of drug-likeness (QED) is 0.380. The van der Waals surface area contributed by atoms with Crippen molar-refractivity contribution in [1.82, 2.24) is 4.98 Å². The number of rotatable bonds is 4. The molecule has 0 spiro atoms. The van der Waals surface area contributed by atoms with Crippen LogP contribution in [-0.2, 0) is 11.2 Å². The Balaban J connectivity index is 1.77. The Bertz CT molecular complexity index is 1380. The number of hydrogen-bond acceptors (Lipinski definition) is 2. The zero-order valence-corrected chi connectivity index (χ0v) is 15.7. The van der Waals surface area contributed by atoms with Gasteiger partial charge in [-0.3, -0.25) is 4.79 Å². The molecule has 0 aliphatic carbocycles. The molecule has 5 aromatic rings. The van der Waals surface area contributed by atoms with Crippen LogP contribution in [0.1, 0.15) is 5.56 Å². The first-order valence-corrected chi connectivity index (χ1v) is 9.61. The van der Waals surface area contributed by atoms with Crippen LogP contribution in [0.2, 0.25) is 0 Å². The highest BCUT2D eigenvalue weighted by atomic mass is 16.4. The SMILES string of the molecule is N[C@@H](Cc1c[nH]c2c(-c3cccc4ccc5ccccc5c34)cccc12)C(=O)O. The van der Waals surface area contributed by atoms with Crippen molar-refractivity contribution in [2.45, 2.75) is 12.5 Å². The van der Waals surface area contributed by atoms with Crippen LogP contribution in [0, 0.1) is 0 Å². The van der Waals surface area contributed by atoms with Crippen molar-refractivity contribution >= 4 is 38.4 Å². The second-order valence-electron chi connectivity index (χ2n) is 7.38. The van der Waals surface area contributed by atoms with Crippen molar-refractivity contribution < 1.29 is 9.90 Å². The number of aromatic nitrogens is 1. The summed E-state index contributed by atoms with van der Waals surface area (Å²) in [5.41, 5.74) is 9.94. The fraction of sp³-hybridized carbons (Fsp3) is 0.0800. The molecular weight excluding hydrogens is 360 g/mol. The molecule has 29 heavy (non-hydrogen) atoms. The van der Waals surface area contributed by atoms with Gasteiger partial charge in [-0.25, -0.2) is 0 Å². The summed E-state index contributed by atoms with van der Waals surface area (Å²) in [6, 6.07) is 24.3. The number of aromatic amines is 1. The lowest BCUT2D eigenvalue weighted by Gasteiger charge is -2.12. The van der Waals surface area contributed by atoms with E-state index in [0.717, 1.165) is 27.6 Å². The van der Waals surface area contributed by atoms with Crippen molar-refractivity contribution in [2.24, 2.45) is 5.73 Å². The third-order valence-electron chi connectivity index (χ3n) is 5.62. The van der Waals surface area contributed by atoms with E-state index in [-0.39, 0.29) is 6.42 Å². The van der Waals surface area contributed by atoms with Gasteiger partial charge in [0, 0.05) is 23.6 Å². The summed E-state index contributed by atoms with van der Waals surface area (Å²) < 4.78 is 0. The van der Waals surface area contributed by atoms with Gasteiger partial charge < -0.3 is 15.8 Å². The van der Waals surface area contributed by atoms with Crippen LogP contribution in [0.5, 0.6) is 0 Å². The minimum Gasteiger partial charge on any atom is -0.480 e. The summed E-state index contributed by atoms with van der Waals surface area (Å²) in [5, 5.41) is 15.0. The van der Waals surface area contributed by atoms with E-state index >= 15 is 0 Å². The molecule has 5 rings (SSSR count). The monoisotopic (exact) mass is 380 g/mol. The second kappa shape index (κ2) is 6.76. The molecule has 4 N–H and O–H groups in total. The van der Waals surface area contributed by atoms with E-state index < -0.39 is 12.0 Å². The first kappa shape index (κ1) is 17.5. The summed E-state index contributed by atoms with van der Waals surface area (Å²) in [6.07, 6.45) is 2.16. The third-order valence-corrected chi connectivity index (χ3v) is 5.62. The molecule has 0 aliphatic rings. The lowest BCUT2D eigenvalue weighted by atomic mass is 9.92. The van der Waals surface area contributed by atoms with Crippen LogP contribution in [0.15, 0.2) is 79.0 Å². The van der Waals surface area contributed by atoms with Crippen LogP contribution >= 0.6 is 0 Å². The van der Waals surface area contributed by atoms with Gasteiger partial charge in [0.05, 0.1) is 5.52 Å². The minimum atomic E-state index is -0.990. The molecule has 0 saturated heterocycles. The number of aliphatic carboxylic acids is 1. The molecule has 142 valence electrons. The minimum absolute atomic E-state index is 0.289. The maximum atomic E-state index is 11.2. The van der Waals surface area contributed by atoms with Gasteiger partial charge >= 0.3 is 5.97 Å². The van der Waals surface area contributed by atoms with Gasteiger partial charge in [-0.05, 0) is 32.7 Å². The molecule has 1 heterocycles. The van der Waals surface area contributed by atoms with Gasteiger partial charge in [0.15, 0.2) is 0 Å². The number of para-hydroxylation sites is 1. The standard InChI is InChI=1S/C25H20N2O2/c26-22(25(28)29)13-17-14-27-24-19(17)8-4-10-21(24)20-9-3-6-16-12-11-15-5-1-2-7-18(15)23(16)20/h1-12,14,22,27H,13,26H2,(H,28,29)/t22-/m0/s1. The van der Waals surface area contributed by atoms with E-state index in [9.17, 15) is 4.79 Å². The molecule has 0 bridgehead atoms. The van der Waals surface area contributed by atoms with E-state index in [1.165, 1.54) is 21.5 Å². The largest absolute Gasteiger partial charge is 0.480 e. The molecule has 0 saturated carbocycles. The number of nitrogens with one attached hydrogen (secondary N) is 1. The Morgan fingerprint density at radius 1 is 0.862 bits per heavy atom. The molecule has 4 aromatic carbocycles. The zero-order valence-electron chi connectivity index (χ0n) is 15.7. The van der Waals surface area contributed by atoms with Crippen molar-refractivity contribution in [2.75, 3.05) is 0 Å². The molecule has 0 radical (unpaired) electrons. The van der Waals surface area contributed by atoms with Crippen molar-refractivity contribution in [3.05, 3.63) is 84.6 Å². The summed E-state index contributed by atoms with van der Waals surface area (Å²) in [7, 11) is 0. The molecule has 0 unspecified atom stereocenters. The van der Waals surface area contributed by atoms with Gasteiger partial charge in [-0.15, -0.1) is 0 Å². The first-order chi connectivity index (χ1) is 14.1. The van der Waals surface area contributed by atoms with Crippen molar-refractivity contribution in [3.8, 4) is 11.1 Å². The number of fused-ring (bicyclic) bond motifs is 4. The molecule has 0 aliphatic heterocycles. The Kier molecular flexibility index (Phi) is 4.07. The van der Waals surface area contributed by atoms with Gasteiger partial charge in [0.25, 0.3) is 0 Å². The van der Waals surface area contributed by atoms with E-state index in [2.05, 4.69) is 65.6 Å².